The zero-order chi connectivity index (χ0) is 32.4. The number of ether oxygens (including phenoxy) is 1. The molecule has 0 aliphatic rings. The van der Waals surface area contributed by atoms with Gasteiger partial charge in [0.2, 0.25) is 11.8 Å². The molecule has 4 aromatic rings. The summed E-state index contributed by atoms with van der Waals surface area (Å²) in [5.41, 5.74) is 2.75. The molecular weight excluding hydrogens is 610 g/mol. The fourth-order valence-corrected chi connectivity index (χ4v) is 6.40. The van der Waals surface area contributed by atoms with E-state index in [0.717, 1.165) is 21.0 Å². The minimum atomic E-state index is -4.19. The summed E-state index contributed by atoms with van der Waals surface area (Å²) in [6.07, 6.45) is 0.949. The number of nitrogens with zero attached hydrogens (tertiary/aromatic N) is 2. The molecule has 1 N–H and O–H groups in total. The van der Waals surface area contributed by atoms with Crippen LogP contribution in [0.3, 0.4) is 0 Å². The summed E-state index contributed by atoms with van der Waals surface area (Å²) in [7, 11) is -2.64. The summed E-state index contributed by atoms with van der Waals surface area (Å²) < 4.78 is 34.7. The van der Waals surface area contributed by atoms with Crippen LogP contribution >= 0.6 is 11.6 Å². The molecule has 0 aromatic heterocycles. The number of rotatable bonds is 14. The first-order valence-electron chi connectivity index (χ1n) is 14.7. The van der Waals surface area contributed by atoms with Crippen molar-refractivity contribution in [1.29, 1.82) is 0 Å². The number of anilines is 1. The van der Waals surface area contributed by atoms with Gasteiger partial charge in [-0.2, -0.15) is 0 Å². The van der Waals surface area contributed by atoms with Gasteiger partial charge in [0.05, 0.1) is 17.7 Å². The highest BCUT2D eigenvalue weighted by molar-refractivity contribution is 7.92. The minimum Gasteiger partial charge on any atom is -0.497 e. The number of amides is 2. The van der Waals surface area contributed by atoms with Crippen molar-refractivity contribution >= 4 is 39.1 Å². The molecule has 0 aliphatic heterocycles. The molecular formula is C35H38ClN3O5S. The molecule has 0 spiro atoms. The van der Waals surface area contributed by atoms with Gasteiger partial charge in [-0.15, -0.1) is 0 Å². The summed E-state index contributed by atoms with van der Waals surface area (Å²) in [5, 5.41) is 3.37. The van der Waals surface area contributed by atoms with Gasteiger partial charge in [-0.05, 0) is 73.0 Å². The predicted octanol–water partition coefficient (Wildman–Crippen LogP) is 6.02. The molecule has 10 heteroatoms. The first kappa shape index (κ1) is 33.6. The summed E-state index contributed by atoms with van der Waals surface area (Å²) in [6, 6.07) is 28.5. The van der Waals surface area contributed by atoms with Crippen LogP contribution in [0.15, 0.2) is 108 Å². The Morgan fingerprint density at radius 2 is 1.56 bits per heavy atom. The Morgan fingerprint density at radius 3 is 2.20 bits per heavy atom. The summed E-state index contributed by atoms with van der Waals surface area (Å²) >= 11 is 6.13. The van der Waals surface area contributed by atoms with Crippen molar-refractivity contribution in [3.63, 3.8) is 0 Å². The second-order valence-electron chi connectivity index (χ2n) is 10.7. The van der Waals surface area contributed by atoms with E-state index in [1.165, 1.54) is 17.0 Å². The molecule has 45 heavy (non-hydrogen) atoms. The molecule has 236 valence electrons. The third-order valence-corrected chi connectivity index (χ3v) is 9.35. The standard InChI is InChI=1S/C35H38ClN3O5S/c1-4-21-37-35(41)33(23-27-9-6-5-7-10-27)38(24-28-11-8-12-31(22-28)44-3)34(40)25-39(30-17-15-29(36)16-18-30)45(42,43)32-19-13-26(2)14-20-32/h5-20,22,33H,4,21,23-25H2,1-3H3,(H,37,41)/t33-/m0/s1. The topological polar surface area (TPSA) is 96.0 Å². The van der Waals surface area contributed by atoms with Crippen LogP contribution in [0.25, 0.3) is 0 Å². The minimum absolute atomic E-state index is 0.0386. The second kappa shape index (κ2) is 15.6. The van der Waals surface area contributed by atoms with Crippen molar-refractivity contribution in [1.82, 2.24) is 10.2 Å². The number of hydrogen-bond donors (Lipinski definition) is 1. The number of hydrogen-bond acceptors (Lipinski definition) is 5. The molecule has 1 atom stereocenters. The van der Waals surface area contributed by atoms with Gasteiger partial charge in [0.1, 0.15) is 18.3 Å². The first-order valence-corrected chi connectivity index (χ1v) is 16.5. The van der Waals surface area contributed by atoms with Crippen molar-refractivity contribution in [3.8, 4) is 5.75 Å². The van der Waals surface area contributed by atoms with Gasteiger partial charge in [0, 0.05) is 24.5 Å². The molecule has 0 radical (unpaired) electrons. The summed E-state index contributed by atoms with van der Waals surface area (Å²) in [4.78, 5) is 29.7. The zero-order valence-corrected chi connectivity index (χ0v) is 27.2. The second-order valence-corrected chi connectivity index (χ2v) is 13.0. The Morgan fingerprint density at radius 1 is 0.889 bits per heavy atom. The molecule has 0 saturated heterocycles. The molecule has 8 nitrogen and oxygen atoms in total. The summed E-state index contributed by atoms with van der Waals surface area (Å²) in [5.74, 6) is -0.271. The maximum absolute atomic E-state index is 14.5. The van der Waals surface area contributed by atoms with Crippen molar-refractivity contribution in [2.24, 2.45) is 0 Å². The van der Waals surface area contributed by atoms with Crippen LogP contribution < -0.4 is 14.4 Å². The van der Waals surface area contributed by atoms with Gasteiger partial charge < -0.3 is 15.0 Å². The molecule has 4 rings (SSSR count). The first-order chi connectivity index (χ1) is 21.6. The highest BCUT2D eigenvalue weighted by atomic mass is 35.5. The van der Waals surface area contributed by atoms with Gasteiger partial charge in [-0.25, -0.2) is 8.42 Å². The predicted molar refractivity (Wildman–Crippen MR) is 178 cm³/mol. The van der Waals surface area contributed by atoms with E-state index in [9.17, 15) is 18.0 Å². The summed E-state index contributed by atoms with van der Waals surface area (Å²) in [6.45, 7) is 3.75. The molecule has 0 bridgehead atoms. The fourth-order valence-electron chi connectivity index (χ4n) is 4.86. The Balaban J connectivity index is 1.80. The highest BCUT2D eigenvalue weighted by Gasteiger charge is 2.34. The van der Waals surface area contributed by atoms with E-state index in [4.69, 9.17) is 16.3 Å². The number of methoxy groups -OCH3 is 1. The average Bonchev–Trinajstić information content (AvgIpc) is 3.05. The third-order valence-electron chi connectivity index (χ3n) is 7.31. The molecule has 0 unspecified atom stereocenters. The smallest absolute Gasteiger partial charge is 0.264 e. The van der Waals surface area contributed by atoms with Gasteiger partial charge in [-0.3, -0.25) is 13.9 Å². The quantitative estimate of drug-likeness (QED) is 0.181. The number of benzene rings is 4. The van der Waals surface area contributed by atoms with Gasteiger partial charge in [0.15, 0.2) is 0 Å². The lowest BCUT2D eigenvalue weighted by atomic mass is 10.0. The van der Waals surface area contributed by atoms with Gasteiger partial charge in [-0.1, -0.05) is 78.7 Å². The number of nitrogens with one attached hydrogen (secondary N) is 1. The van der Waals surface area contributed by atoms with E-state index < -0.39 is 28.5 Å². The molecule has 0 aliphatic carbocycles. The fraction of sp³-hybridized carbons (Fsp3) is 0.257. The number of carbonyl (C=O) groups is 2. The largest absolute Gasteiger partial charge is 0.497 e. The van der Waals surface area contributed by atoms with Crippen LogP contribution in [0, 0.1) is 6.92 Å². The van der Waals surface area contributed by atoms with Crippen LogP contribution in [0.4, 0.5) is 5.69 Å². The Labute approximate surface area is 270 Å². The molecule has 0 saturated carbocycles. The maximum atomic E-state index is 14.5. The number of carbonyl (C=O) groups excluding carboxylic acids is 2. The molecule has 0 fully saturated rings. The van der Waals surface area contributed by atoms with E-state index in [-0.39, 0.29) is 29.5 Å². The normalized spacial score (nSPS) is 11.8. The maximum Gasteiger partial charge on any atom is 0.264 e. The lowest BCUT2D eigenvalue weighted by molar-refractivity contribution is -0.140. The van der Waals surface area contributed by atoms with Crippen molar-refractivity contribution in [2.75, 3.05) is 24.5 Å². The third kappa shape index (κ3) is 8.86. The number of aryl methyl sites for hydroxylation is 1. The van der Waals surface area contributed by atoms with E-state index in [1.807, 2.05) is 56.3 Å². The molecule has 4 aromatic carbocycles. The Hall–Kier alpha value is -4.34. The van der Waals surface area contributed by atoms with E-state index in [2.05, 4.69) is 5.32 Å². The van der Waals surface area contributed by atoms with Crippen LogP contribution in [0.5, 0.6) is 5.75 Å². The monoisotopic (exact) mass is 647 g/mol. The highest BCUT2D eigenvalue weighted by Crippen LogP contribution is 2.27. The molecule has 2 amide bonds. The van der Waals surface area contributed by atoms with Crippen molar-refractivity contribution < 1.29 is 22.7 Å². The lowest BCUT2D eigenvalue weighted by Crippen LogP contribution is -2.53. The van der Waals surface area contributed by atoms with Crippen LogP contribution in [0.1, 0.15) is 30.0 Å². The van der Waals surface area contributed by atoms with Crippen LogP contribution in [0.2, 0.25) is 5.02 Å². The number of sulfonamides is 1. The average molecular weight is 648 g/mol. The number of halogens is 1. The van der Waals surface area contributed by atoms with Gasteiger partial charge in [0.25, 0.3) is 10.0 Å². The van der Waals surface area contributed by atoms with Gasteiger partial charge >= 0.3 is 0 Å². The van der Waals surface area contributed by atoms with E-state index >= 15 is 0 Å². The SMILES string of the molecule is CCCNC(=O)[C@H](Cc1ccccc1)N(Cc1cccc(OC)c1)C(=O)CN(c1ccc(Cl)cc1)S(=O)(=O)c1ccc(C)cc1. The van der Waals surface area contributed by atoms with E-state index in [0.29, 0.717) is 23.7 Å². The van der Waals surface area contributed by atoms with Crippen molar-refractivity contribution in [2.45, 2.75) is 44.2 Å². The lowest BCUT2D eigenvalue weighted by Gasteiger charge is -2.34. The molecule has 0 heterocycles. The Kier molecular flexibility index (Phi) is 11.6. The van der Waals surface area contributed by atoms with Crippen LogP contribution in [-0.4, -0.2) is 51.4 Å². The van der Waals surface area contributed by atoms with Crippen molar-refractivity contribution in [3.05, 3.63) is 125 Å². The van der Waals surface area contributed by atoms with E-state index in [1.54, 1.807) is 55.6 Å². The van der Waals surface area contributed by atoms with Crippen LogP contribution in [-0.2, 0) is 32.6 Å². The zero-order valence-electron chi connectivity index (χ0n) is 25.6. The Bertz CT molecular complexity index is 1680.